The Hall–Kier alpha value is -1.31. The van der Waals surface area contributed by atoms with E-state index in [1.807, 2.05) is 13.0 Å². The van der Waals surface area contributed by atoms with Gasteiger partial charge < -0.3 is 5.32 Å². The number of amides is 1. The molecule has 0 spiro atoms. The van der Waals surface area contributed by atoms with Crippen LogP contribution in [0.3, 0.4) is 0 Å². The molecule has 0 unspecified atom stereocenters. The van der Waals surface area contributed by atoms with E-state index in [2.05, 4.69) is 25.2 Å². The molecular formula is C11H15NO. The number of hydrogen-bond donors (Lipinski definition) is 1. The van der Waals surface area contributed by atoms with Gasteiger partial charge in [0, 0.05) is 5.69 Å². The van der Waals surface area contributed by atoms with E-state index in [0.717, 1.165) is 17.7 Å². The second kappa shape index (κ2) is 4.08. The summed E-state index contributed by atoms with van der Waals surface area (Å²) in [6.07, 6.45) is 1.75. The van der Waals surface area contributed by atoms with Gasteiger partial charge in [0.05, 0.1) is 0 Å². The highest BCUT2D eigenvalue weighted by Gasteiger charge is 2.03. The van der Waals surface area contributed by atoms with E-state index in [1.54, 1.807) is 0 Å². The van der Waals surface area contributed by atoms with Crippen molar-refractivity contribution in [3.63, 3.8) is 0 Å². The van der Waals surface area contributed by atoms with Crippen molar-refractivity contribution in [3.8, 4) is 0 Å². The Morgan fingerprint density at radius 3 is 2.54 bits per heavy atom. The van der Waals surface area contributed by atoms with Gasteiger partial charge in [-0.15, -0.1) is 0 Å². The van der Waals surface area contributed by atoms with Gasteiger partial charge in [-0.2, -0.15) is 0 Å². The molecule has 1 aromatic carbocycles. The second-order valence-electron chi connectivity index (χ2n) is 3.14. The normalized spacial score (nSPS) is 9.77. The first-order valence-electron chi connectivity index (χ1n) is 4.50. The quantitative estimate of drug-likeness (QED) is 0.706. The lowest BCUT2D eigenvalue weighted by atomic mass is 10.00. The number of carbonyl (C=O) groups is 1. The van der Waals surface area contributed by atoms with Gasteiger partial charge >= 0.3 is 0 Å². The van der Waals surface area contributed by atoms with Gasteiger partial charge in [-0.1, -0.05) is 13.0 Å². The molecule has 0 aliphatic carbocycles. The van der Waals surface area contributed by atoms with Crippen molar-refractivity contribution in [1.82, 2.24) is 0 Å². The molecule has 1 N–H and O–H groups in total. The summed E-state index contributed by atoms with van der Waals surface area (Å²) in [5, 5.41) is 2.69. The molecule has 1 rings (SSSR count). The minimum Gasteiger partial charge on any atom is -0.328 e. The Kier molecular flexibility index (Phi) is 3.07. The fraction of sp³-hybridized carbons (Fsp3) is 0.364. The lowest BCUT2D eigenvalue weighted by Crippen LogP contribution is -1.99. The summed E-state index contributed by atoms with van der Waals surface area (Å²) in [4.78, 5) is 10.3. The highest BCUT2D eigenvalue weighted by atomic mass is 16.1. The van der Waals surface area contributed by atoms with E-state index in [1.165, 1.54) is 11.1 Å². The first-order valence-corrected chi connectivity index (χ1v) is 4.50. The molecule has 0 heterocycles. The van der Waals surface area contributed by atoms with Crippen LogP contribution in [0.5, 0.6) is 0 Å². The van der Waals surface area contributed by atoms with Crippen molar-refractivity contribution in [2.75, 3.05) is 5.32 Å². The van der Waals surface area contributed by atoms with E-state index in [-0.39, 0.29) is 0 Å². The van der Waals surface area contributed by atoms with Crippen LogP contribution in [0.1, 0.15) is 23.6 Å². The van der Waals surface area contributed by atoms with Gasteiger partial charge in [-0.3, -0.25) is 4.79 Å². The molecule has 2 heteroatoms. The molecule has 1 amide bonds. The number of nitrogens with one attached hydrogen (secondary N) is 1. The predicted octanol–water partition coefficient (Wildman–Crippen LogP) is 2.43. The third-order valence-electron chi connectivity index (χ3n) is 2.49. The zero-order valence-electron chi connectivity index (χ0n) is 8.35. The van der Waals surface area contributed by atoms with E-state index >= 15 is 0 Å². The Labute approximate surface area is 79.0 Å². The van der Waals surface area contributed by atoms with Crippen LogP contribution in [0.4, 0.5) is 5.69 Å². The van der Waals surface area contributed by atoms with Gasteiger partial charge in [0.2, 0.25) is 6.41 Å². The molecule has 0 fully saturated rings. The number of aryl methyl sites for hydroxylation is 1. The Morgan fingerprint density at radius 2 is 2.00 bits per heavy atom. The van der Waals surface area contributed by atoms with Gasteiger partial charge in [0.25, 0.3) is 0 Å². The van der Waals surface area contributed by atoms with Crippen LogP contribution in [-0.4, -0.2) is 6.41 Å². The Balaban J connectivity index is 3.14. The Morgan fingerprint density at radius 1 is 1.31 bits per heavy atom. The lowest BCUT2D eigenvalue weighted by molar-refractivity contribution is -0.105. The average molecular weight is 177 g/mol. The van der Waals surface area contributed by atoms with Gasteiger partial charge in [0.15, 0.2) is 0 Å². The molecule has 0 saturated carbocycles. The number of carbonyl (C=O) groups excluding carboxylic acids is 1. The molecule has 0 aromatic heterocycles. The minimum absolute atomic E-state index is 0.716. The van der Waals surface area contributed by atoms with Crippen molar-refractivity contribution < 1.29 is 4.79 Å². The molecule has 2 nitrogen and oxygen atoms in total. The van der Waals surface area contributed by atoms with Crippen LogP contribution >= 0.6 is 0 Å². The predicted molar refractivity (Wildman–Crippen MR) is 55.0 cm³/mol. The summed E-state index contributed by atoms with van der Waals surface area (Å²) >= 11 is 0. The number of benzene rings is 1. The monoisotopic (exact) mass is 177 g/mol. The largest absolute Gasteiger partial charge is 0.328 e. The molecule has 0 atom stereocenters. The third kappa shape index (κ3) is 1.89. The summed E-state index contributed by atoms with van der Waals surface area (Å²) in [7, 11) is 0. The fourth-order valence-corrected chi connectivity index (χ4v) is 1.48. The zero-order valence-corrected chi connectivity index (χ0v) is 8.35. The van der Waals surface area contributed by atoms with E-state index in [4.69, 9.17) is 0 Å². The summed E-state index contributed by atoms with van der Waals surface area (Å²) in [5.41, 5.74) is 4.68. The molecule has 0 radical (unpaired) electrons. The highest BCUT2D eigenvalue weighted by molar-refractivity contribution is 5.74. The van der Waals surface area contributed by atoms with Gasteiger partial charge in [0.1, 0.15) is 0 Å². The number of anilines is 1. The summed E-state index contributed by atoms with van der Waals surface area (Å²) in [5.74, 6) is 0. The summed E-state index contributed by atoms with van der Waals surface area (Å²) < 4.78 is 0. The van der Waals surface area contributed by atoms with Crippen molar-refractivity contribution in [2.24, 2.45) is 0 Å². The minimum atomic E-state index is 0.716. The molecule has 1 aromatic rings. The maximum Gasteiger partial charge on any atom is 0.211 e. The summed E-state index contributed by atoms with van der Waals surface area (Å²) in [6.45, 7) is 6.25. The summed E-state index contributed by atoms with van der Waals surface area (Å²) in [6, 6.07) is 4.02. The number of hydrogen-bond acceptors (Lipinski definition) is 1. The lowest BCUT2D eigenvalue weighted by Gasteiger charge is -2.10. The van der Waals surface area contributed by atoms with Gasteiger partial charge in [-0.25, -0.2) is 0 Å². The third-order valence-corrected chi connectivity index (χ3v) is 2.49. The average Bonchev–Trinajstić information content (AvgIpc) is 2.14. The van der Waals surface area contributed by atoms with Crippen LogP contribution in [-0.2, 0) is 11.2 Å². The zero-order chi connectivity index (χ0) is 9.84. The molecular weight excluding hydrogens is 162 g/mol. The second-order valence-corrected chi connectivity index (χ2v) is 3.14. The smallest absolute Gasteiger partial charge is 0.211 e. The van der Waals surface area contributed by atoms with Crippen LogP contribution < -0.4 is 5.32 Å². The maximum absolute atomic E-state index is 10.3. The SMILES string of the molecule is CCc1ccc(NC=O)c(C)c1C. The molecule has 13 heavy (non-hydrogen) atoms. The maximum atomic E-state index is 10.3. The number of rotatable bonds is 3. The van der Waals surface area contributed by atoms with Crippen molar-refractivity contribution in [3.05, 3.63) is 28.8 Å². The molecule has 0 aliphatic rings. The van der Waals surface area contributed by atoms with Crippen LogP contribution in [0, 0.1) is 13.8 Å². The van der Waals surface area contributed by atoms with E-state index < -0.39 is 0 Å². The molecule has 0 aliphatic heterocycles. The molecule has 0 saturated heterocycles. The van der Waals surface area contributed by atoms with E-state index in [9.17, 15) is 4.79 Å². The van der Waals surface area contributed by atoms with Crippen molar-refractivity contribution in [2.45, 2.75) is 27.2 Å². The molecule has 70 valence electrons. The van der Waals surface area contributed by atoms with Gasteiger partial charge in [-0.05, 0) is 43.0 Å². The first kappa shape index (κ1) is 9.78. The highest BCUT2D eigenvalue weighted by Crippen LogP contribution is 2.21. The first-order chi connectivity index (χ1) is 6.20. The standard InChI is InChI=1S/C11H15NO/c1-4-10-5-6-11(12-7-13)9(3)8(10)2/h5-7H,4H2,1-3H3,(H,12,13). The topological polar surface area (TPSA) is 29.1 Å². The van der Waals surface area contributed by atoms with Crippen molar-refractivity contribution in [1.29, 1.82) is 0 Å². The van der Waals surface area contributed by atoms with Crippen LogP contribution in [0.25, 0.3) is 0 Å². The van der Waals surface area contributed by atoms with Crippen LogP contribution in [0.15, 0.2) is 12.1 Å². The Bertz CT molecular complexity index is 318. The van der Waals surface area contributed by atoms with Crippen LogP contribution in [0.2, 0.25) is 0 Å². The van der Waals surface area contributed by atoms with E-state index in [0.29, 0.717) is 6.41 Å². The molecule has 0 bridgehead atoms. The van der Waals surface area contributed by atoms with Crippen molar-refractivity contribution >= 4 is 12.1 Å². The fourth-order valence-electron chi connectivity index (χ4n) is 1.48.